The third-order valence-electron chi connectivity index (χ3n) is 5.78. The molecule has 1 aromatic carbocycles. The number of rotatable bonds is 10. The van der Waals surface area contributed by atoms with Gasteiger partial charge in [-0.2, -0.15) is 20.1 Å². The molecule has 0 unspecified atom stereocenters. The van der Waals surface area contributed by atoms with Crippen LogP contribution < -0.4 is 15.3 Å². The van der Waals surface area contributed by atoms with Crippen LogP contribution >= 0.6 is 19.3 Å². The molecule has 4 rings (SSSR count). The van der Waals surface area contributed by atoms with Crippen LogP contribution in [0.3, 0.4) is 0 Å². The third kappa shape index (κ3) is 5.46. The molecule has 0 bridgehead atoms. The van der Waals surface area contributed by atoms with Gasteiger partial charge in [0.2, 0.25) is 0 Å². The number of hydrogen-bond donors (Lipinski definition) is 3. The summed E-state index contributed by atoms with van der Waals surface area (Å²) in [5.41, 5.74) is 2.96. The molecule has 0 saturated carbocycles. The van der Waals surface area contributed by atoms with Crippen molar-refractivity contribution < 1.29 is 37.4 Å². The van der Waals surface area contributed by atoms with Gasteiger partial charge in [0.05, 0.1) is 24.3 Å². The molecule has 14 nitrogen and oxygen atoms in total. The smallest absolute Gasteiger partial charge is 0.459 e. The van der Waals surface area contributed by atoms with Gasteiger partial charge in [-0.15, -0.1) is 0 Å². The number of hydrogen-bond acceptors (Lipinski definition) is 12. The van der Waals surface area contributed by atoms with E-state index in [-0.39, 0.29) is 22.6 Å². The van der Waals surface area contributed by atoms with Gasteiger partial charge < -0.3 is 24.8 Å². The lowest BCUT2D eigenvalue weighted by Gasteiger charge is -2.29. The summed E-state index contributed by atoms with van der Waals surface area (Å²) in [5.74, 6) is -0.636. The summed E-state index contributed by atoms with van der Waals surface area (Å²) in [6.45, 7) is 3.85. The molecule has 2 aromatic heterocycles. The highest BCUT2D eigenvalue weighted by Gasteiger charge is 2.70. The van der Waals surface area contributed by atoms with E-state index in [0.29, 0.717) is 0 Å². The molecule has 0 spiro atoms. The number of ether oxygens (including phenoxy) is 2. The van der Waals surface area contributed by atoms with Crippen molar-refractivity contribution in [2.45, 2.75) is 56.0 Å². The average Bonchev–Trinajstić information content (AvgIpc) is 3.41. The highest BCUT2D eigenvalue weighted by Crippen LogP contribution is 2.52. The first-order valence-corrected chi connectivity index (χ1v) is 13.8. The van der Waals surface area contributed by atoms with Crippen LogP contribution in [-0.4, -0.2) is 66.9 Å². The fraction of sp³-hybridized carbons (Fsp3) is 0.435. The van der Waals surface area contributed by atoms with Gasteiger partial charge in [-0.3, -0.25) is 9.32 Å². The molecule has 1 fully saturated rings. The molecule has 40 heavy (non-hydrogen) atoms. The zero-order valence-corrected chi connectivity index (χ0v) is 23.1. The molecule has 3 aromatic rings. The first-order chi connectivity index (χ1) is 18.8. The number of nitrogens with zero attached hydrogens (tertiary/aromatic N) is 5. The number of carbonyl (C=O) groups is 1. The number of nitriles is 1. The van der Waals surface area contributed by atoms with Crippen LogP contribution in [0.25, 0.3) is 11.0 Å². The van der Waals surface area contributed by atoms with Crippen LogP contribution in [0, 0.1) is 11.3 Å². The van der Waals surface area contributed by atoms with Crippen LogP contribution in [0.5, 0.6) is 5.75 Å². The minimum absolute atomic E-state index is 0.00279. The largest absolute Gasteiger partial charge is 0.462 e. The van der Waals surface area contributed by atoms with Crippen molar-refractivity contribution >= 4 is 42.2 Å². The summed E-state index contributed by atoms with van der Waals surface area (Å²) in [5, 5.41) is 24.1. The molecular formula is C23H26ClFN7O7P. The van der Waals surface area contributed by atoms with E-state index < -0.39 is 55.5 Å². The summed E-state index contributed by atoms with van der Waals surface area (Å²) in [7, 11) is -4.42. The number of nitrogen functional groups attached to an aromatic ring is 1. The van der Waals surface area contributed by atoms with Gasteiger partial charge in [0, 0.05) is 0 Å². The number of esters is 1. The third-order valence-corrected chi connectivity index (χ3v) is 7.90. The van der Waals surface area contributed by atoms with E-state index in [9.17, 15) is 19.7 Å². The molecule has 1 aliphatic rings. The van der Waals surface area contributed by atoms with Gasteiger partial charge in [0.15, 0.2) is 5.65 Å². The van der Waals surface area contributed by atoms with Crippen LogP contribution in [0.15, 0.2) is 42.9 Å². The topological polar surface area (TPSA) is 197 Å². The SMILES string of the molecule is CC(C)OC(=O)[C@@H](C)N[P@@](=O)(OC[C@H]1O[C@@](C#N)(n2ncc3c(N)ncnc32)[C@@](F)(Cl)[C@@H]1O)Oc1ccccc1. The summed E-state index contributed by atoms with van der Waals surface area (Å²) in [6, 6.07) is 8.33. The van der Waals surface area contributed by atoms with Crippen molar-refractivity contribution in [1.82, 2.24) is 24.8 Å². The van der Waals surface area contributed by atoms with E-state index in [2.05, 4.69) is 20.2 Å². The van der Waals surface area contributed by atoms with E-state index in [0.717, 1.165) is 11.0 Å². The minimum Gasteiger partial charge on any atom is -0.462 e. The second-order valence-corrected chi connectivity index (χ2v) is 11.3. The van der Waals surface area contributed by atoms with E-state index in [4.69, 9.17) is 35.9 Å². The summed E-state index contributed by atoms with van der Waals surface area (Å²) < 4.78 is 52.2. The van der Waals surface area contributed by atoms with Gasteiger partial charge in [-0.05, 0) is 32.9 Å². The number of aliphatic hydroxyl groups is 1. The first-order valence-electron chi connectivity index (χ1n) is 11.9. The number of anilines is 1. The monoisotopic (exact) mass is 597 g/mol. The van der Waals surface area contributed by atoms with Gasteiger partial charge in [0.1, 0.15) is 42.2 Å². The number of para-hydroxylation sites is 1. The Morgan fingerprint density at radius 3 is 2.73 bits per heavy atom. The number of nitrogens with two attached hydrogens (primary N) is 1. The number of nitrogens with one attached hydrogen (secondary N) is 1. The maximum atomic E-state index is 16.0. The number of benzene rings is 1. The number of aliphatic hydroxyl groups excluding tert-OH is 1. The summed E-state index contributed by atoms with van der Waals surface area (Å²) >= 11 is 6.09. The minimum atomic E-state index is -4.42. The lowest BCUT2D eigenvalue weighted by molar-refractivity contribution is -0.149. The van der Waals surface area contributed by atoms with Crippen molar-refractivity contribution in [1.29, 1.82) is 5.26 Å². The zero-order valence-electron chi connectivity index (χ0n) is 21.5. The Balaban J connectivity index is 1.61. The second kappa shape index (κ2) is 11.2. The second-order valence-electron chi connectivity index (χ2n) is 9.07. The summed E-state index contributed by atoms with van der Waals surface area (Å²) in [4.78, 5) is 20.1. The van der Waals surface area contributed by atoms with E-state index >= 15 is 4.39 Å². The van der Waals surface area contributed by atoms with Gasteiger partial charge >= 0.3 is 19.4 Å². The van der Waals surface area contributed by atoms with Crippen LogP contribution in [0.4, 0.5) is 10.2 Å². The van der Waals surface area contributed by atoms with Crippen molar-refractivity contribution in [3.05, 3.63) is 42.9 Å². The fourth-order valence-corrected chi connectivity index (χ4v) is 5.67. The van der Waals surface area contributed by atoms with E-state index in [1.54, 1.807) is 38.1 Å². The quantitative estimate of drug-likeness (QED) is 0.175. The molecule has 6 atom stereocenters. The highest BCUT2D eigenvalue weighted by molar-refractivity contribution is 7.52. The van der Waals surface area contributed by atoms with Gasteiger partial charge in [0.25, 0.3) is 5.13 Å². The molecule has 3 heterocycles. The molecule has 0 radical (unpaired) electrons. The fourth-order valence-electron chi connectivity index (χ4n) is 3.86. The molecule has 214 valence electrons. The predicted molar refractivity (Wildman–Crippen MR) is 138 cm³/mol. The van der Waals surface area contributed by atoms with E-state index in [1.165, 1.54) is 25.3 Å². The maximum absolute atomic E-state index is 16.0. The van der Waals surface area contributed by atoms with Crippen LogP contribution in [-0.2, 0) is 29.1 Å². The first kappa shape index (κ1) is 29.6. The normalized spacial score (nSPS) is 26.8. The van der Waals surface area contributed by atoms with Gasteiger partial charge in [-0.25, -0.2) is 18.9 Å². The molecular weight excluding hydrogens is 572 g/mol. The van der Waals surface area contributed by atoms with Crippen molar-refractivity contribution in [2.75, 3.05) is 12.3 Å². The molecule has 4 N–H and O–H groups in total. The molecule has 0 aliphatic carbocycles. The summed E-state index contributed by atoms with van der Waals surface area (Å²) in [6.07, 6.45) is -2.07. The number of fused-ring (bicyclic) bond motifs is 1. The Morgan fingerprint density at radius 1 is 1.38 bits per heavy atom. The van der Waals surface area contributed by atoms with Crippen molar-refractivity contribution in [2.24, 2.45) is 0 Å². The molecule has 17 heteroatoms. The standard InChI is InChI=1S/C23H26ClFN7O7P/c1-13(2)37-21(34)14(3)31-40(35,39-15-7-5-4-6-8-15)36-10-17-18(33)23(24,25)22(11-26,38-17)32-20-16(9-30-32)19(27)28-12-29-20/h4-9,12-14,17-18,33H,10H2,1-3H3,(H,31,35)(H2,27,28,29)/t14-,17-,18-,22-,23-,40-/m1/s1. The Morgan fingerprint density at radius 2 is 2.08 bits per heavy atom. The van der Waals surface area contributed by atoms with Gasteiger partial charge in [-0.1, -0.05) is 29.8 Å². The predicted octanol–water partition coefficient (Wildman–Crippen LogP) is 2.38. The van der Waals surface area contributed by atoms with Crippen molar-refractivity contribution in [3.8, 4) is 11.8 Å². The zero-order chi connectivity index (χ0) is 29.3. The Labute approximate surface area is 232 Å². The maximum Gasteiger partial charge on any atom is 0.459 e. The average molecular weight is 598 g/mol. The van der Waals surface area contributed by atoms with Crippen LogP contribution in [0.1, 0.15) is 20.8 Å². The number of alkyl halides is 2. The molecule has 1 saturated heterocycles. The lowest BCUT2D eigenvalue weighted by Crippen LogP contribution is -2.50. The number of aromatic nitrogens is 4. The van der Waals surface area contributed by atoms with Crippen LogP contribution in [0.2, 0.25) is 0 Å². The number of carbonyl (C=O) groups excluding carboxylic acids is 1. The van der Waals surface area contributed by atoms with Crippen molar-refractivity contribution in [3.63, 3.8) is 0 Å². The Bertz CT molecular complexity index is 1470. The van der Waals surface area contributed by atoms with E-state index in [1.807, 2.05) is 0 Å². The molecule has 1 aliphatic heterocycles. The molecule has 0 amide bonds. The Hall–Kier alpha value is -3.38. The lowest BCUT2D eigenvalue weighted by atomic mass is 10.0. The highest BCUT2D eigenvalue weighted by atomic mass is 35.5. The number of halogens is 2. The Kier molecular flexibility index (Phi) is 8.32.